The average Bonchev–Trinajstić information content (AvgIpc) is 2.54. The molecule has 0 amide bonds. The molecule has 122 valence electrons. The van der Waals surface area contributed by atoms with Crippen molar-refractivity contribution >= 4 is 10.2 Å². The van der Waals surface area contributed by atoms with Crippen LogP contribution in [0.15, 0.2) is 24.3 Å². The molecule has 0 N–H and O–H groups in total. The van der Waals surface area contributed by atoms with Gasteiger partial charge in [-0.1, -0.05) is 24.3 Å². The van der Waals surface area contributed by atoms with Gasteiger partial charge in [0.2, 0.25) is 0 Å². The van der Waals surface area contributed by atoms with Gasteiger partial charge in [-0.25, -0.2) is 0 Å². The van der Waals surface area contributed by atoms with Gasteiger partial charge in [0.25, 0.3) is 10.2 Å². The van der Waals surface area contributed by atoms with E-state index in [0.717, 1.165) is 13.1 Å². The molecule has 0 bridgehead atoms. The lowest BCUT2D eigenvalue weighted by Crippen LogP contribution is -2.52. The third-order valence-corrected chi connectivity index (χ3v) is 6.78. The van der Waals surface area contributed by atoms with Crippen molar-refractivity contribution in [2.24, 2.45) is 0 Å². The quantitative estimate of drug-likeness (QED) is 0.846. The Morgan fingerprint density at radius 3 is 2.45 bits per heavy atom. The van der Waals surface area contributed by atoms with E-state index in [4.69, 9.17) is 0 Å². The fourth-order valence-corrected chi connectivity index (χ4v) is 4.67. The zero-order chi connectivity index (χ0) is 15.7. The molecule has 3 rings (SSSR count). The maximum Gasteiger partial charge on any atom is 0.281 e. The molecule has 0 aromatic heterocycles. The molecule has 22 heavy (non-hydrogen) atoms. The lowest BCUT2D eigenvalue weighted by Gasteiger charge is -2.41. The predicted octanol–water partition coefficient (Wildman–Crippen LogP) is 1.49. The summed E-state index contributed by atoms with van der Waals surface area (Å²) >= 11 is 0. The number of benzene rings is 1. The van der Waals surface area contributed by atoms with Crippen molar-refractivity contribution in [2.45, 2.75) is 25.3 Å². The standard InChI is InChI=1S/C16H25N3O2S/c1-17(2)22(20,21)19-12-10-18(11-13-19)16-9-5-7-14-6-3-4-8-15(14)16/h3-4,6,8,16H,5,7,9-13H2,1-2H3/t16-/m0/s1. The second-order valence-electron chi connectivity index (χ2n) is 6.33. The van der Waals surface area contributed by atoms with Crippen molar-refractivity contribution in [1.82, 2.24) is 13.5 Å². The first-order valence-electron chi connectivity index (χ1n) is 7.99. The first-order valence-corrected chi connectivity index (χ1v) is 9.39. The van der Waals surface area contributed by atoms with Gasteiger partial charge in [0, 0.05) is 46.3 Å². The Bertz CT molecular complexity index is 622. The lowest BCUT2D eigenvalue weighted by atomic mass is 9.86. The van der Waals surface area contributed by atoms with Gasteiger partial charge in [-0.2, -0.15) is 17.0 Å². The topological polar surface area (TPSA) is 43.9 Å². The third kappa shape index (κ3) is 2.93. The fraction of sp³-hybridized carbons (Fsp3) is 0.625. The predicted molar refractivity (Wildman–Crippen MR) is 87.9 cm³/mol. The highest BCUT2D eigenvalue weighted by atomic mass is 32.2. The second kappa shape index (κ2) is 6.28. The van der Waals surface area contributed by atoms with E-state index >= 15 is 0 Å². The van der Waals surface area contributed by atoms with Crippen LogP contribution in [-0.2, 0) is 16.6 Å². The molecular formula is C16H25N3O2S. The fourth-order valence-electron chi connectivity index (χ4n) is 3.58. The minimum atomic E-state index is -3.27. The van der Waals surface area contributed by atoms with Gasteiger partial charge in [-0.15, -0.1) is 0 Å². The van der Waals surface area contributed by atoms with E-state index in [-0.39, 0.29) is 0 Å². The first-order chi connectivity index (χ1) is 10.5. The molecule has 1 aromatic carbocycles. The van der Waals surface area contributed by atoms with Crippen LogP contribution in [0, 0.1) is 0 Å². The molecule has 1 saturated heterocycles. The van der Waals surface area contributed by atoms with E-state index in [0.29, 0.717) is 19.1 Å². The molecule has 0 saturated carbocycles. The van der Waals surface area contributed by atoms with E-state index in [2.05, 4.69) is 29.2 Å². The van der Waals surface area contributed by atoms with Crippen LogP contribution in [0.5, 0.6) is 0 Å². The Labute approximate surface area is 133 Å². The van der Waals surface area contributed by atoms with Gasteiger partial charge >= 0.3 is 0 Å². The number of rotatable bonds is 3. The first kappa shape index (κ1) is 15.9. The number of nitrogens with zero attached hydrogens (tertiary/aromatic N) is 3. The minimum absolute atomic E-state index is 0.453. The molecule has 0 unspecified atom stereocenters. The van der Waals surface area contributed by atoms with Crippen LogP contribution >= 0.6 is 0 Å². The summed E-state index contributed by atoms with van der Waals surface area (Å²) in [5.41, 5.74) is 2.90. The highest BCUT2D eigenvalue weighted by Crippen LogP contribution is 2.34. The molecular weight excluding hydrogens is 298 g/mol. The van der Waals surface area contributed by atoms with Gasteiger partial charge in [-0.3, -0.25) is 4.90 Å². The molecule has 1 aromatic rings. The van der Waals surface area contributed by atoms with E-state index in [1.54, 1.807) is 18.4 Å². The summed E-state index contributed by atoms with van der Waals surface area (Å²) in [6.45, 7) is 2.79. The SMILES string of the molecule is CN(C)S(=O)(=O)N1CCN([C@H]2CCCc3ccccc32)CC1. The monoisotopic (exact) mass is 323 g/mol. The lowest BCUT2D eigenvalue weighted by molar-refractivity contribution is 0.123. The number of aryl methyl sites for hydroxylation is 1. The smallest absolute Gasteiger partial charge is 0.281 e. The molecule has 1 fully saturated rings. The largest absolute Gasteiger partial charge is 0.294 e. The normalized spacial score (nSPS) is 24.4. The summed E-state index contributed by atoms with van der Waals surface area (Å²) in [4.78, 5) is 2.46. The van der Waals surface area contributed by atoms with Gasteiger partial charge in [0.15, 0.2) is 0 Å². The molecule has 1 aliphatic heterocycles. The molecule has 0 spiro atoms. The van der Waals surface area contributed by atoms with Crippen LogP contribution in [0.25, 0.3) is 0 Å². The molecule has 2 aliphatic rings. The van der Waals surface area contributed by atoms with Crippen molar-refractivity contribution in [2.75, 3.05) is 40.3 Å². The third-order valence-electron chi connectivity index (χ3n) is 4.84. The zero-order valence-corrected chi connectivity index (χ0v) is 14.2. The van der Waals surface area contributed by atoms with Crippen molar-refractivity contribution in [1.29, 1.82) is 0 Å². The average molecular weight is 323 g/mol. The van der Waals surface area contributed by atoms with E-state index in [1.165, 1.54) is 34.7 Å². The van der Waals surface area contributed by atoms with E-state index in [1.807, 2.05) is 0 Å². The van der Waals surface area contributed by atoms with Crippen molar-refractivity contribution in [3.63, 3.8) is 0 Å². The van der Waals surface area contributed by atoms with Crippen LogP contribution in [0.1, 0.15) is 30.0 Å². The number of hydrogen-bond acceptors (Lipinski definition) is 3. The van der Waals surface area contributed by atoms with Crippen LogP contribution in [0.2, 0.25) is 0 Å². The van der Waals surface area contributed by atoms with E-state index < -0.39 is 10.2 Å². The Morgan fingerprint density at radius 1 is 1.09 bits per heavy atom. The van der Waals surface area contributed by atoms with Crippen LogP contribution < -0.4 is 0 Å². The maximum atomic E-state index is 12.2. The molecule has 1 aliphatic carbocycles. The van der Waals surface area contributed by atoms with Crippen molar-refractivity contribution < 1.29 is 8.42 Å². The summed E-state index contributed by atoms with van der Waals surface area (Å²) in [7, 11) is -0.0820. The van der Waals surface area contributed by atoms with Crippen molar-refractivity contribution in [3.8, 4) is 0 Å². The highest BCUT2D eigenvalue weighted by Gasteiger charge is 2.32. The summed E-state index contributed by atoms with van der Waals surface area (Å²) in [5, 5.41) is 0. The summed E-state index contributed by atoms with van der Waals surface area (Å²) < 4.78 is 27.3. The summed E-state index contributed by atoms with van der Waals surface area (Å²) in [6.07, 6.45) is 3.57. The van der Waals surface area contributed by atoms with Gasteiger partial charge in [0.05, 0.1) is 0 Å². The van der Waals surface area contributed by atoms with Crippen LogP contribution in [0.4, 0.5) is 0 Å². The second-order valence-corrected chi connectivity index (χ2v) is 8.47. The minimum Gasteiger partial charge on any atom is -0.294 e. The summed E-state index contributed by atoms with van der Waals surface area (Å²) in [6, 6.07) is 9.15. The van der Waals surface area contributed by atoms with E-state index in [9.17, 15) is 8.42 Å². The molecule has 1 atom stereocenters. The highest BCUT2D eigenvalue weighted by molar-refractivity contribution is 7.86. The number of fused-ring (bicyclic) bond motifs is 1. The van der Waals surface area contributed by atoms with Crippen LogP contribution in [0.3, 0.4) is 0 Å². The zero-order valence-electron chi connectivity index (χ0n) is 13.4. The molecule has 1 heterocycles. The Kier molecular flexibility index (Phi) is 4.54. The molecule has 6 heteroatoms. The Morgan fingerprint density at radius 2 is 1.77 bits per heavy atom. The molecule has 5 nitrogen and oxygen atoms in total. The van der Waals surface area contributed by atoms with Gasteiger partial charge in [-0.05, 0) is 30.4 Å². The van der Waals surface area contributed by atoms with Gasteiger partial charge < -0.3 is 0 Å². The van der Waals surface area contributed by atoms with Gasteiger partial charge in [0.1, 0.15) is 0 Å². The number of piperazine rings is 1. The Hall–Kier alpha value is -0.950. The summed E-state index contributed by atoms with van der Waals surface area (Å²) in [5.74, 6) is 0. The van der Waals surface area contributed by atoms with Crippen molar-refractivity contribution in [3.05, 3.63) is 35.4 Å². The van der Waals surface area contributed by atoms with Crippen LogP contribution in [-0.4, -0.2) is 62.2 Å². The molecule has 0 radical (unpaired) electrons. The number of hydrogen-bond donors (Lipinski definition) is 0. The maximum absolute atomic E-state index is 12.2. The Balaban J connectivity index is 1.71.